The molecule has 130 valence electrons. The number of nitrogens with one attached hydrogen (secondary N) is 1. The molecule has 0 bridgehead atoms. The molecule has 1 N–H and O–H groups in total. The molecule has 0 radical (unpaired) electrons. The maximum atomic E-state index is 12.1. The van der Waals surface area contributed by atoms with Crippen molar-refractivity contribution in [3.8, 4) is 5.75 Å². The van der Waals surface area contributed by atoms with Gasteiger partial charge in [0.2, 0.25) is 0 Å². The number of thiocarbonyl (C=S) groups is 1. The van der Waals surface area contributed by atoms with Gasteiger partial charge in [-0.3, -0.25) is 4.79 Å². The molecule has 1 saturated heterocycles. The van der Waals surface area contributed by atoms with Gasteiger partial charge >= 0.3 is 6.09 Å². The van der Waals surface area contributed by atoms with Crippen LogP contribution in [0.4, 0.5) is 4.79 Å². The second-order valence-electron chi connectivity index (χ2n) is 6.33. The summed E-state index contributed by atoms with van der Waals surface area (Å²) in [5.74, 6) is 0.450. The zero-order chi connectivity index (χ0) is 17.9. The molecule has 2 rings (SSSR count). The van der Waals surface area contributed by atoms with Gasteiger partial charge in [-0.2, -0.15) is 5.01 Å². The number of hydrogen-bond donors (Lipinski definition) is 1. The standard InChI is InChI=1S/C16H21N3O4S/c1-16(2,3)23-14(21)17-19-13(20)10-18(15(19)24)9-11-5-7-12(22-4)8-6-11/h5-8H,9-10H2,1-4H3,(H,17,21). The van der Waals surface area contributed by atoms with Crippen LogP contribution in [0.1, 0.15) is 26.3 Å². The van der Waals surface area contributed by atoms with Crippen molar-refractivity contribution < 1.29 is 19.1 Å². The Bertz CT molecular complexity index is 640. The highest BCUT2D eigenvalue weighted by Crippen LogP contribution is 2.17. The number of ether oxygens (including phenoxy) is 2. The summed E-state index contributed by atoms with van der Waals surface area (Å²) in [4.78, 5) is 25.6. The van der Waals surface area contributed by atoms with E-state index >= 15 is 0 Å². The zero-order valence-electron chi connectivity index (χ0n) is 14.2. The largest absolute Gasteiger partial charge is 0.497 e. The van der Waals surface area contributed by atoms with Gasteiger partial charge in [0.1, 0.15) is 17.9 Å². The molecule has 1 heterocycles. The lowest BCUT2D eigenvalue weighted by Gasteiger charge is -2.24. The van der Waals surface area contributed by atoms with Gasteiger partial charge in [-0.1, -0.05) is 12.1 Å². The molecule has 0 aromatic heterocycles. The van der Waals surface area contributed by atoms with Gasteiger partial charge in [0.05, 0.1) is 7.11 Å². The molecule has 0 atom stereocenters. The van der Waals surface area contributed by atoms with E-state index in [0.717, 1.165) is 16.3 Å². The van der Waals surface area contributed by atoms with E-state index in [9.17, 15) is 9.59 Å². The second-order valence-corrected chi connectivity index (χ2v) is 6.69. The van der Waals surface area contributed by atoms with Crippen molar-refractivity contribution in [3.63, 3.8) is 0 Å². The highest BCUT2D eigenvalue weighted by molar-refractivity contribution is 7.80. The molecule has 1 fully saturated rings. The first kappa shape index (κ1) is 18.0. The van der Waals surface area contributed by atoms with Crippen molar-refractivity contribution in [2.45, 2.75) is 32.9 Å². The molecule has 8 heteroatoms. The van der Waals surface area contributed by atoms with Crippen LogP contribution in [0.5, 0.6) is 5.75 Å². The smallest absolute Gasteiger partial charge is 0.427 e. The molecular weight excluding hydrogens is 330 g/mol. The van der Waals surface area contributed by atoms with Gasteiger partial charge in [0.15, 0.2) is 5.11 Å². The Morgan fingerprint density at radius 3 is 2.46 bits per heavy atom. The lowest BCUT2D eigenvalue weighted by atomic mass is 10.2. The summed E-state index contributed by atoms with van der Waals surface area (Å²) < 4.78 is 10.3. The number of hydrogen-bond acceptors (Lipinski definition) is 5. The highest BCUT2D eigenvalue weighted by atomic mass is 32.1. The Hall–Kier alpha value is -2.35. The Labute approximate surface area is 146 Å². The van der Waals surface area contributed by atoms with Crippen LogP contribution in [0.2, 0.25) is 0 Å². The summed E-state index contributed by atoms with van der Waals surface area (Å²) >= 11 is 5.28. The monoisotopic (exact) mass is 351 g/mol. The summed E-state index contributed by atoms with van der Waals surface area (Å²) in [7, 11) is 1.60. The third kappa shape index (κ3) is 4.58. The van der Waals surface area contributed by atoms with Crippen LogP contribution in [0.3, 0.4) is 0 Å². The third-order valence-corrected chi connectivity index (χ3v) is 3.61. The lowest BCUT2D eigenvalue weighted by molar-refractivity contribution is -0.127. The number of rotatable bonds is 4. The molecule has 1 aromatic carbocycles. The summed E-state index contributed by atoms with van der Waals surface area (Å²) in [6, 6.07) is 7.48. The fourth-order valence-electron chi connectivity index (χ4n) is 2.13. The minimum absolute atomic E-state index is 0.0979. The molecule has 0 saturated carbocycles. The second kappa shape index (κ2) is 7.04. The van der Waals surface area contributed by atoms with E-state index < -0.39 is 11.7 Å². The fraction of sp³-hybridized carbons (Fsp3) is 0.438. The third-order valence-electron chi connectivity index (χ3n) is 3.17. The van der Waals surface area contributed by atoms with Gasteiger partial charge in [-0.25, -0.2) is 10.2 Å². The molecule has 0 aliphatic carbocycles. The number of amides is 2. The van der Waals surface area contributed by atoms with Crippen LogP contribution in [0.15, 0.2) is 24.3 Å². The Morgan fingerprint density at radius 2 is 1.92 bits per heavy atom. The van der Waals surface area contributed by atoms with Crippen molar-refractivity contribution in [3.05, 3.63) is 29.8 Å². The van der Waals surface area contributed by atoms with E-state index in [2.05, 4.69) is 5.43 Å². The van der Waals surface area contributed by atoms with Crippen molar-refractivity contribution >= 4 is 29.3 Å². The molecular formula is C16H21N3O4S. The van der Waals surface area contributed by atoms with Crippen LogP contribution in [-0.4, -0.2) is 46.3 Å². The van der Waals surface area contributed by atoms with Gasteiger partial charge in [-0.15, -0.1) is 0 Å². The van der Waals surface area contributed by atoms with Crippen LogP contribution >= 0.6 is 12.2 Å². The van der Waals surface area contributed by atoms with Crippen molar-refractivity contribution in [1.82, 2.24) is 15.3 Å². The van der Waals surface area contributed by atoms with Gasteiger partial charge in [0.25, 0.3) is 5.91 Å². The number of benzene rings is 1. The maximum Gasteiger partial charge on any atom is 0.427 e. The number of carbonyl (C=O) groups excluding carboxylic acids is 2. The lowest BCUT2D eigenvalue weighted by Crippen LogP contribution is -2.48. The first-order valence-electron chi connectivity index (χ1n) is 7.44. The highest BCUT2D eigenvalue weighted by Gasteiger charge is 2.35. The number of carbonyl (C=O) groups is 2. The molecule has 0 unspecified atom stereocenters. The average molecular weight is 351 g/mol. The van der Waals surface area contributed by atoms with Gasteiger partial charge < -0.3 is 14.4 Å². The van der Waals surface area contributed by atoms with Gasteiger partial charge in [0, 0.05) is 6.54 Å². The van der Waals surface area contributed by atoms with Crippen molar-refractivity contribution in [2.24, 2.45) is 0 Å². The molecule has 1 aliphatic rings. The number of methoxy groups -OCH3 is 1. The summed E-state index contributed by atoms with van der Waals surface area (Å²) in [5.41, 5.74) is 2.71. The van der Waals surface area contributed by atoms with E-state index in [0.29, 0.717) is 6.54 Å². The Balaban J connectivity index is 1.98. The number of nitrogens with zero attached hydrogens (tertiary/aromatic N) is 2. The molecule has 2 amide bonds. The molecule has 1 aliphatic heterocycles. The first-order chi connectivity index (χ1) is 11.2. The minimum atomic E-state index is -0.718. The fourth-order valence-corrected chi connectivity index (χ4v) is 2.40. The normalized spacial score (nSPS) is 14.8. The minimum Gasteiger partial charge on any atom is -0.497 e. The zero-order valence-corrected chi connectivity index (χ0v) is 15.0. The van der Waals surface area contributed by atoms with Crippen LogP contribution in [0.25, 0.3) is 0 Å². The molecule has 24 heavy (non-hydrogen) atoms. The van der Waals surface area contributed by atoms with Crippen LogP contribution in [0, 0.1) is 0 Å². The quantitative estimate of drug-likeness (QED) is 0.838. The molecule has 1 aromatic rings. The van der Waals surface area contributed by atoms with E-state index in [-0.39, 0.29) is 17.6 Å². The van der Waals surface area contributed by atoms with Crippen LogP contribution < -0.4 is 10.2 Å². The summed E-state index contributed by atoms with van der Waals surface area (Å²) in [6.45, 7) is 5.79. The van der Waals surface area contributed by atoms with E-state index in [4.69, 9.17) is 21.7 Å². The summed E-state index contributed by atoms with van der Waals surface area (Å²) in [6.07, 6.45) is -0.718. The predicted octanol–water partition coefficient (Wildman–Crippen LogP) is 2.06. The molecule has 7 nitrogen and oxygen atoms in total. The van der Waals surface area contributed by atoms with E-state index in [1.54, 1.807) is 32.8 Å². The average Bonchev–Trinajstić information content (AvgIpc) is 2.74. The van der Waals surface area contributed by atoms with E-state index in [1.807, 2.05) is 24.3 Å². The van der Waals surface area contributed by atoms with E-state index in [1.165, 1.54) is 0 Å². The Morgan fingerprint density at radius 1 is 1.29 bits per heavy atom. The number of hydrazine groups is 1. The maximum absolute atomic E-state index is 12.1. The first-order valence-corrected chi connectivity index (χ1v) is 7.85. The van der Waals surface area contributed by atoms with Crippen molar-refractivity contribution in [1.29, 1.82) is 0 Å². The van der Waals surface area contributed by atoms with Crippen molar-refractivity contribution in [2.75, 3.05) is 13.7 Å². The van der Waals surface area contributed by atoms with Crippen LogP contribution in [-0.2, 0) is 16.1 Å². The molecule has 0 spiro atoms. The summed E-state index contributed by atoms with van der Waals surface area (Å²) in [5, 5.41) is 1.29. The predicted molar refractivity (Wildman–Crippen MR) is 92.2 cm³/mol. The van der Waals surface area contributed by atoms with Gasteiger partial charge in [-0.05, 0) is 50.7 Å². The Kier molecular flexibility index (Phi) is 5.28. The topological polar surface area (TPSA) is 71.1 Å². The SMILES string of the molecule is COc1ccc(CN2CC(=O)N(NC(=O)OC(C)(C)C)C2=S)cc1.